The number of ether oxygens (including phenoxy) is 1. The van der Waals surface area contributed by atoms with Crippen LogP contribution in [0, 0.1) is 11.3 Å². The molecule has 0 aromatic heterocycles. The molecular weight excluding hydrogens is 228 g/mol. The molecule has 1 N–H and O–H groups in total. The van der Waals surface area contributed by atoms with E-state index in [2.05, 4.69) is 5.48 Å². The number of hydroxylamine groups is 1. The van der Waals surface area contributed by atoms with Crippen molar-refractivity contribution in [2.75, 3.05) is 6.61 Å². The fourth-order valence-electron chi connectivity index (χ4n) is 2.07. The molecule has 0 saturated heterocycles. The second-order valence-electron chi connectivity index (χ2n) is 4.44. The van der Waals surface area contributed by atoms with Gasteiger partial charge in [-0.2, -0.15) is 10.7 Å². The molecule has 1 aromatic rings. The van der Waals surface area contributed by atoms with Crippen molar-refractivity contribution in [2.24, 2.45) is 0 Å². The Morgan fingerprint density at radius 3 is 2.61 bits per heavy atom. The van der Waals surface area contributed by atoms with Crippen molar-refractivity contribution in [1.29, 1.82) is 5.26 Å². The topological polar surface area (TPSA) is 54.3 Å². The van der Waals surface area contributed by atoms with Gasteiger partial charge in [0.15, 0.2) is 6.61 Å². The van der Waals surface area contributed by atoms with Crippen LogP contribution in [-0.2, 0) is 11.4 Å². The Morgan fingerprint density at radius 1 is 1.22 bits per heavy atom. The lowest BCUT2D eigenvalue weighted by Gasteiger charge is -2.11. The standard InChI is InChI=1S/C14H18N2O2/c15-9-10-17-13-7-5-12(6-8-13)11-16-18-14-3-1-2-4-14/h5-8,14,16H,1-4,10-11H2. The molecule has 0 heterocycles. The predicted octanol–water partition coefficient (Wildman–Crippen LogP) is 2.55. The first-order valence-corrected chi connectivity index (χ1v) is 6.35. The molecule has 4 nitrogen and oxygen atoms in total. The zero-order valence-corrected chi connectivity index (χ0v) is 10.4. The van der Waals surface area contributed by atoms with Crippen LogP contribution in [0.25, 0.3) is 0 Å². The van der Waals surface area contributed by atoms with Gasteiger partial charge in [0.25, 0.3) is 0 Å². The molecule has 0 bridgehead atoms. The molecule has 1 aliphatic carbocycles. The number of rotatable bonds is 6. The third-order valence-corrected chi connectivity index (χ3v) is 3.06. The van der Waals surface area contributed by atoms with E-state index in [0.29, 0.717) is 12.6 Å². The highest BCUT2D eigenvalue weighted by atomic mass is 16.7. The molecule has 1 aromatic carbocycles. The minimum absolute atomic E-state index is 0.0857. The van der Waals surface area contributed by atoms with Crippen LogP contribution >= 0.6 is 0 Å². The summed E-state index contributed by atoms with van der Waals surface area (Å²) in [4.78, 5) is 5.58. The predicted molar refractivity (Wildman–Crippen MR) is 67.7 cm³/mol. The van der Waals surface area contributed by atoms with Gasteiger partial charge in [-0.05, 0) is 30.5 Å². The first kappa shape index (κ1) is 12.9. The van der Waals surface area contributed by atoms with Crippen LogP contribution in [0.2, 0.25) is 0 Å². The number of hydrogen-bond acceptors (Lipinski definition) is 4. The first-order chi connectivity index (χ1) is 8.88. The van der Waals surface area contributed by atoms with Crippen molar-refractivity contribution in [2.45, 2.75) is 38.3 Å². The van der Waals surface area contributed by atoms with Gasteiger partial charge < -0.3 is 4.74 Å². The van der Waals surface area contributed by atoms with E-state index in [1.165, 1.54) is 12.8 Å². The van der Waals surface area contributed by atoms with E-state index >= 15 is 0 Å². The summed E-state index contributed by atoms with van der Waals surface area (Å²) in [5.74, 6) is 0.719. The average Bonchev–Trinajstić information content (AvgIpc) is 2.91. The van der Waals surface area contributed by atoms with Gasteiger partial charge in [-0.1, -0.05) is 25.0 Å². The van der Waals surface area contributed by atoms with E-state index in [0.717, 1.165) is 24.2 Å². The second-order valence-corrected chi connectivity index (χ2v) is 4.44. The van der Waals surface area contributed by atoms with Crippen LogP contribution < -0.4 is 10.2 Å². The average molecular weight is 246 g/mol. The van der Waals surface area contributed by atoms with Crippen molar-refractivity contribution >= 4 is 0 Å². The van der Waals surface area contributed by atoms with Crippen molar-refractivity contribution in [3.05, 3.63) is 29.8 Å². The summed E-state index contributed by atoms with van der Waals surface area (Å²) in [6.45, 7) is 0.775. The highest BCUT2D eigenvalue weighted by Crippen LogP contribution is 2.20. The Bertz CT molecular complexity index is 391. The maximum Gasteiger partial charge on any atom is 0.174 e. The summed E-state index contributed by atoms with van der Waals surface area (Å²) < 4.78 is 5.18. The number of nitrogens with zero attached hydrogens (tertiary/aromatic N) is 1. The summed E-state index contributed by atoms with van der Waals surface area (Å²) in [6, 6.07) is 9.61. The second kappa shape index (κ2) is 7.00. The van der Waals surface area contributed by atoms with Crippen LogP contribution in [0.5, 0.6) is 5.75 Å². The lowest BCUT2D eigenvalue weighted by atomic mass is 10.2. The molecule has 0 aliphatic heterocycles. The lowest BCUT2D eigenvalue weighted by molar-refractivity contribution is -0.0244. The van der Waals surface area contributed by atoms with Crippen molar-refractivity contribution in [1.82, 2.24) is 5.48 Å². The van der Waals surface area contributed by atoms with Gasteiger partial charge in [-0.25, -0.2) is 0 Å². The molecule has 2 rings (SSSR count). The molecule has 18 heavy (non-hydrogen) atoms. The lowest BCUT2D eigenvalue weighted by Crippen LogP contribution is -2.21. The number of benzene rings is 1. The van der Waals surface area contributed by atoms with E-state index in [4.69, 9.17) is 14.8 Å². The van der Waals surface area contributed by atoms with Gasteiger partial charge >= 0.3 is 0 Å². The van der Waals surface area contributed by atoms with Crippen molar-refractivity contribution in [3.63, 3.8) is 0 Å². The Kier molecular flexibility index (Phi) is 5.00. The van der Waals surface area contributed by atoms with Crippen molar-refractivity contribution < 1.29 is 9.57 Å². The Hall–Kier alpha value is -1.57. The molecule has 4 heteroatoms. The molecule has 0 atom stereocenters. The van der Waals surface area contributed by atoms with Gasteiger partial charge in [0.2, 0.25) is 0 Å². The first-order valence-electron chi connectivity index (χ1n) is 6.35. The molecule has 0 spiro atoms. The summed E-state index contributed by atoms with van der Waals surface area (Å²) in [7, 11) is 0. The Morgan fingerprint density at radius 2 is 1.94 bits per heavy atom. The molecular formula is C14H18N2O2. The zero-order chi connectivity index (χ0) is 12.6. The van der Waals surface area contributed by atoms with Gasteiger partial charge in [0.05, 0.1) is 6.10 Å². The maximum atomic E-state index is 8.40. The molecule has 0 amide bonds. The highest BCUT2D eigenvalue weighted by Gasteiger charge is 2.15. The summed E-state index contributed by atoms with van der Waals surface area (Å²) in [5, 5.41) is 8.40. The molecule has 1 fully saturated rings. The Balaban J connectivity index is 1.70. The number of nitriles is 1. The third kappa shape index (κ3) is 4.02. The smallest absolute Gasteiger partial charge is 0.174 e. The molecule has 96 valence electrons. The van der Waals surface area contributed by atoms with E-state index in [1.54, 1.807) is 0 Å². The molecule has 1 saturated carbocycles. The van der Waals surface area contributed by atoms with Crippen LogP contribution in [0.15, 0.2) is 24.3 Å². The summed E-state index contributed by atoms with van der Waals surface area (Å²) >= 11 is 0. The maximum absolute atomic E-state index is 8.40. The monoisotopic (exact) mass is 246 g/mol. The highest BCUT2D eigenvalue weighted by molar-refractivity contribution is 5.27. The minimum Gasteiger partial charge on any atom is -0.479 e. The van der Waals surface area contributed by atoms with Gasteiger partial charge in [0.1, 0.15) is 11.8 Å². The Labute approximate surface area is 107 Å². The van der Waals surface area contributed by atoms with Crippen LogP contribution in [0.1, 0.15) is 31.2 Å². The SMILES string of the molecule is N#CCOc1ccc(CNOC2CCCC2)cc1. The summed E-state index contributed by atoms with van der Waals surface area (Å²) in [6.07, 6.45) is 5.25. The van der Waals surface area contributed by atoms with Gasteiger partial charge in [-0.3, -0.25) is 4.84 Å². The van der Waals surface area contributed by atoms with E-state index in [1.807, 2.05) is 30.3 Å². The number of nitrogens with one attached hydrogen (secondary N) is 1. The largest absolute Gasteiger partial charge is 0.479 e. The van der Waals surface area contributed by atoms with Crippen LogP contribution in [0.3, 0.4) is 0 Å². The molecule has 1 aliphatic rings. The molecule has 0 radical (unpaired) electrons. The fraction of sp³-hybridized carbons (Fsp3) is 0.500. The molecule has 0 unspecified atom stereocenters. The van der Waals surface area contributed by atoms with Crippen LogP contribution in [0.4, 0.5) is 0 Å². The normalized spacial score (nSPS) is 15.5. The summed E-state index contributed by atoms with van der Waals surface area (Å²) in [5.41, 5.74) is 4.15. The van der Waals surface area contributed by atoms with Gasteiger partial charge in [0, 0.05) is 6.54 Å². The third-order valence-electron chi connectivity index (χ3n) is 3.06. The van der Waals surface area contributed by atoms with Crippen LogP contribution in [-0.4, -0.2) is 12.7 Å². The minimum atomic E-state index is 0.0857. The zero-order valence-electron chi connectivity index (χ0n) is 10.4. The van der Waals surface area contributed by atoms with E-state index in [-0.39, 0.29) is 6.61 Å². The fourth-order valence-corrected chi connectivity index (χ4v) is 2.07. The number of hydrogen-bond donors (Lipinski definition) is 1. The van der Waals surface area contributed by atoms with Crippen molar-refractivity contribution in [3.8, 4) is 11.8 Å². The quantitative estimate of drug-likeness (QED) is 0.784. The van der Waals surface area contributed by atoms with Gasteiger partial charge in [-0.15, -0.1) is 0 Å². The van der Waals surface area contributed by atoms with E-state index in [9.17, 15) is 0 Å². The van der Waals surface area contributed by atoms with E-state index < -0.39 is 0 Å².